The van der Waals surface area contributed by atoms with Crippen molar-refractivity contribution in [3.8, 4) is 5.75 Å². The average molecular weight is 307 g/mol. The van der Waals surface area contributed by atoms with Crippen LogP contribution in [-0.4, -0.2) is 29.1 Å². The molecular weight excluding hydrogens is 282 g/mol. The third-order valence-corrected chi connectivity index (χ3v) is 3.79. The first-order chi connectivity index (χ1) is 10.4. The summed E-state index contributed by atoms with van der Waals surface area (Å²) in [5.41, 5.74) is 1.19. The maximum Gasteiger partial charge on any atom is 0.326 e. The van der Waals surface area contributed by atoms with Gasteiger partial charge in [-0.15, -0.1) is 0 Å². The second kappa shape index (κ2) is 8.41. The topological polar surface area (TPSA) is 75.6 Å². The average Bonchev–Trinajstić information content (AvgIpc) is 2.51. The van der Waals surface area contributed by atoms with E-state index in [1.807, 2.05) is 31.2 Å². The fourth-order valence-corrected chi connectivity index (χ4v) is 2.02. The van der Waals surface area contributed by atoms with Crippen LogP contribution in [0, 0.1) is 5.92 Å². The minimum Gasteiger partial charge on any atom is -0.481 e. The van der Waals surface area contributed by atoms with Gasteiger partial charge in [0.1, 0.15) is 11.8 Å². The van der Waals surface area contributed by atoms with Crippen LogP contribution in [0.15, 0.2) is 24.3 Å². The number of ether oxygens (including phenoxy) is 1. The quantitative estimate of drug-likeness (QED) is 0.774. The minimum atomic E-state index is -1.03. The molecule has 0 bridgehead atoms. The SMILES string of the molecule is CCc1ccc(OC(C)C(=O)NC(C(=O)O)C(C)CC)cc1. The van der Waals surface area contributed by atoms with Crippen LogP contribution in [0.5, 0.6) is 5.75 Å². The van der Waals surface area contributed by atoms with Gasteiger partial charge in [-0.3, -0.25) is 4.79 Å². The molecular formula is C17H25NO4. The van der Waals surface area contributed by atoms with Gasteiger partial charge in [0.05, 0.1) is 0 Å². The van der Waals surface area contributed by atoms with Crippen LogP contribution in [0.25, 0.3) is 0 Å². The highest BCUT2D eigenvalue weighted by molar-refractivity contribution is 5.86. The van der Waals surface area contributed by atoms with Gasteiger partial charge in [0.25, 0.3) is 5.91 Å². The maximum absolute atomic E-state index is 12.1. The van der Waals surface area contributed by atoms with Crippen LogP contribution >= 0.6 is 0 Å². The van der Waals surface area contributed by atoms with Crippen molar-refractivity contribution in [1.29, 1.82) is 0 Å². The summed E-state index contributed by atoms with van der Waals surface area (Å²) < 4.78 is 5.56. The van der Waals surface area contributed by atoms with E-state index in [4.69, 9.17) is 4.74 Å². The molecule has 0 aliphatic heterocycles. The van der Waals surface area contributed by atoms with Gasteiger partial charge in [-0.1, -0.05) is 39.3 Å². The summed E-state index contributed by atoms with van der Waals surface area (Å²) >= 11 is 0. The number of amides is 1. The van der Waals surface area contributed by atoms with E-state index in [0.717, 1.165) is 6.42 Å². The van der Waals surface area contributed by atoms with Gasteiger partial charge in [0, 0.05) is 0 Å². The van der Waals surface area contributed by atoms with Gasteiger partial charge in [-0.2, -0.15) is 0 Å². The molecule has 0 saturated carbocycles. The summed E-state index contributed by atoms with van der Waals surface area (Å²) in [7, 11) is 0. The number of carboxylic acid groups (broad SMARTS) is 1. The Morgan fingerprint density at radius 1 is 1.18 bits per heavy atom. The molecule has 122 valence electrons. The fourth-order valence-electron chi connectivity index (χ4n) is 2.02. The first-order valence-corrected chi connectivity index (χ1v) is 7.67. The predicted molar refractivity (Wildman–Crippen MR) is 84.9 cm³/mol. The fraction of sp³-hybridized carbons (Fsp3) is 0.529. The zero-order valence-corrected chi connectivity index (χ0v) is 13.6. The molecule has 0 aliphatic rings. The monoisotopic (exact) mass is 307 g/mol. The highest BCUT2D eigenvalue weighted by atomic mass is 16.5. The Bertz CT molecular complexity index is 498. The second-order valence-electron chi connectivity index (χ2n) is 5.47. The third-order valence-electron chi connectivity index (χ3n) is 3.79. The van der Waals surface area contributed by atoms with Gasteiger partial charge in [0.15, 0.2) is 6.10 Å². The van der Waals surface area contributed by atoms with Crippen LogP contribution in [0.4, 0.5) is 0 Å². The van der Waals surface area contributed by atoms with Crippen molar-refractivity contribution in [3.63, 3.8) is 0 Å². The van der Waals surface area contributed by atoms with Crippen molar-refractivity contribution in [3.05, 3.63) is 29.8 Å². The highest BCUT2D eigenvalue weighted by Crippen LogP contribution is 2.15. The lowest BCUT2D eigenvalue weighted by atomic mass is 9.99. The molecule has 5 heteroatoms. The van der Waals surface area contributed by atoms with Crippen LogP contribution in [0.3, 0.4) is 0 Å². The molecule has 2 N–H and O–H groups in total. The summed E-state index contributed by atoms with van der Waals surface area (Å²) in [5.74, 6) is -0.998. The van der Waals surface area contributed by atoms with Gasteiger partial charge < -0.3 is 15.2 Å². The molecule has 0 saturated heterocycles. The molecule has 1 rings (SSSR count). The van der Waals surface area contributed by atoms with E-state index >= 15 is 0 Å². The number of nitrogens with one attached hydrogen (secondary N) is 1. The molecule has 3 atom stereocenters. The standard InChI is InChI=1S/C17H25NO4/c1-5-11(3)15(17(20)21)18-16(19)12(4)22-14-9-7-13(6-2)8-10-14/h7-12,15H,5-6H2,1-4H3,(H,18,19)(H,20,21). The Morgan fingerprint density at radius 3 is 2.23 bits per heavy atom. The molecule has 0 spiro atoms. The number of benzene rings is 1. The van der Waals surface area contributed by atoms with Crippen molar-refractivity contribution < 1.29 is 19.4 Å². The van der Waals surface area contributed by atoms with E-state index in [1.54, 1.807) is 13.8 Å². The normalized spacial score (nSPS) is 14.7. The van der Waals surface area contributed by atoms with Gasteiger partial charge >= 0.3 is 5.97 Å². The Balaban J connectivity index is 2.65. The Hall–Kier alpha value is -2.04. The largest absolute Gasteiger partial charge is 0.481 e. The number of carbonyl (C=O) groups excluding carboxylic acids is 1. The molecule has 1 amide bonds. The molecule has 0 fully saturated rings. The van der Waals surface area contributed by atoms with E-state index in [2.05, 4.69) is 12.2 Å². The molecule has 0 radical (unpaired) electrons. The minimum absolute atomic E-state index is 0.141. The summed E-state index contributed by atoms with van der Waals surface area (Å²) in [5, 5.41) is 11.7. The number of carboxylic acids is 1. The number of rotatable bonds is 8. The Morgan fingerprint density at radius 2 is 1.77 bits per heavy atom. The smallest absolute Gasteiger partial charge is 0.326 e. The number of hydrogen-bond donors (Lipinski definition) is 2. The van der Waals surface area contributed by atoms with Crippen molar-refractivity contribution in [1.82, 2.24) is 5.32 Å². The van der Waals surface area contributed by atoms with Gasteiger partial charge in [-0.05, 0) is 37.0 Å². The van der Waals surface area contributed by atoms with Crippen LogP contribution in [-0.2, 0) is 16.0 Å². The lowest BCUT2D eigenvalue weighted by Crippen LogP contribution is -2.49. The van der Waals surface area contributed by atoms with E-state index in [-0.39, 0.29) is 5.92 Å². The summed E-state index contributed by atoms with van der Waals surface area (Å²) in [6, 6.07) is 6.61. The van der Waals surface area contributed by atoms with Crippen molar-refractivity contribution >= 4 is 11.9 Å². The molecule has 0 heterocycles. The van der Waals surface area contributed by atoms with E-state index in [1.165, 1.54) is 5.56 Å². The highest BCUT2D eigenvalue weighted by Gasteiger charge is 2.27. The van der Waals surface area contributed by atoms with E-state index in [0.29, 0.717) is 12.2 Å². The zero-order chi connectivity index (χ0) is 16.7. The Kier molecular flexibility index (Phi) is 6.89. The van der Waals surface area contributed by atoms with E-state index in [9.17, 15) is 14.7 Å². The van der Waals surface area contributed by atoms with Crippen LogP contribution in [0.1, 0.15) is 39.7 Å². The zero-order valence-electron chi connectivity index (χ0n) is 13.6. The lowest BCUT2D eigenvalue weighted by Gasteiger charge is -2.22. The second-order valence-corrected chi connectivity index (χ2v) is 5.47. The number of hydrogen-bond acceptors (Lipinski definition) is 3. The molecule has 0 aromatic heterocycles. The summed E-state index contributed by atoms with van der Waals surface area (Å²) in [6.45, 7) is 7.36. The number of aryl methyl sites for hydroxylation is 1. The van der Waals surface area contributed by atoms with E-state index < -0.39 is 24.0 Å². The lowest BCUT2D eigenvalue weighted by molar-refractivity contribution is -0.144. The maximum atomic E-state index is 12.1. The number of aliphatic carboxylic acids is 1. The first kappa shape index (κ1) is 18.0. The first-order valence-electron chi connectivity index (χ1n) is 7.67. The number of carbonyl (C=O) groups is 2. The molecule has 22 heavy (non-hydrogen) atoms. The molecule has 0 aliphatic carbocycles. The summed E-state index contributed by atoms with van der Waals surface area (Å²) in [6.07, 6.45) is 0.856. The molecule has 1 aromatic carbocycles. The molecule has 3 unspecified atom stereocenters. The Labute approximate surface area is 131 Å². The van der Waals surface area contributed by atoms with Crippen molar-refractivity contribution in [2.75, 3.05) is 0 Å². The van der Waals surface area contributed by atoms with Gasteiger partial charge in [-0.25, -0.2) is 4.79 Å². The molecule has 1 aromatic rings. The third kappa shape index (κ3) is 5.06. The summed E-state index contributed by atoms with van der Waals surface area (Å²) in [4.78, 5) is 23.3. The van der Waals surface area contributed by atoms with Crippen molar-refractivity contribution in [2.24, 2.45) is 5.92 Å². The predicted octanol–water partition coefficient (Wildman–Crippen LogP) is 2.63. The van der Waals surface area contributed by atoms with Crippen LogP contribution in [0.2, 0.25) is 0 Å². The van der Waals surface area contributed by atoms with Gasteiger partial charge in [0.2, 0.25) is 0 Å². The van der Waals surface area contributed by atoms with Crippen molar-refractivity contribution in [2.45, 2.75) is 52.7 Å². The van der Waals surface area contributed by atoms with Crippen LogP contribution < -0.4 is 10.1 Å². The molecule has 5 nitrogen and oxygen atoms in total.